The van der Waals surface area contributed by atoms with E-state index in [0.717, 1.165) is 16.8 Å². The van der Waals surface area contributed by atoms with E-state index >= 15 is 0 Å². The number of aliphatic hydroxyl groups is 1. The van der Waals surface area contributed by atoms with Crippen LogP contribution < -0.4 is 5.32 Å². The van der Waals surface area contributed by atoms with Crippen molar-refractivity contribution in [3.05, 3.63) is 22.9 Å². The summed E-state index contributed by atoms with van der Waals surface area (Å²) < 4.78 is 0. The molecule has 0 aromatic rings. The Morgan fingerprint density at radius 1 is 1.56 bits per heavy atom. The number of aliphatic imine (C=N–C) groups is 1. The molecule has 1 aliphatic carbocycles. The second-order valence-electron chi connectivity index (χ2n) is 4.16. The molecule has 0 saturated carbocycles. The molecular weight excluding hydrogens is 204 g/mol. The van der Waals surface area contributed by atoms with Crippen molar-refractivity contribution in [3.8, 4) is 0 Å². The molecule has 0 spiro atoms. The van der Waals surface area contributed by atoms with Gasteiger partial charge in [0.25, 0.3) is 0 Å². The van der Waals surface area contributed by atoms with Crippen LogP contribution in [0.1, 0.15) is 19.8 Å². The van der Waals surface area contributed by atoms with Crippen molar-refractivity contribution in [2.24, 2.45) is 4.99 Å². The van der Waals surface area contributed by atoms with Gasteiger partial charge in [-0.15, -0.1) is 0 Å². The summed E-state index contributed by atoms with van der Waals surface area (Å²) in [6.45, 7) is 2.69. The Kier molecular flexibility index (Phi) is 3.31. The number of nitrogens with zero attached hydrogens (tertiary/aromatic N) is 1. The van der Waals surface area contributed by atoms with Crippen LogP contribution in [0.15, 0.2) is 27.9 Å². The highest BCUT2D eigenvalue weighted by molar-refractivity contribution is 6.07. The van der Waals surface area contributed by atoms with Gasteiger partial charge in [0, 0.05) is 30.8 Å². The van der Waals surface area contributed by atoms with Gasteiger partial charge in [-0.3, -0.25) is 9.79 Å². The van der Waals surface area contributed by atoms with Gasteiger partial charge in [0.2, 0.25) is 0 Å². The molecule has 2 N–H and O–H groups in total. The summed E-state index contributed by atoms with van der Waals surface area (Å²) in [6.07, 6.45) is 4.86. The van der Waals surface area contributed by atoms with Crippen molar-refractivity contribution in [1.82, 2.24) is 5.32 Å². The van der Waals surface area contributed by atoms with Crippen LogP contribution in [0, 0.1) is 0 Å². The van der Waals surface area contributed by atoms with Gasteiger partial charge < -0.3 is 10.4 Å². The molecule has 1 aliphatic heterocycles. The fourth-order valence-corrected chi connectivity index (χ4v) is 1.87. The Bertz CT molecular complexity index is 394. The summed E-state index contributed by atoms with van der Waals surface area (Å²) in [5.74, 6) is 0.187. The van der Waals surface area contributed by atoms with E-state index in [4.69, 9.17) is 5.11 Å². The third kappa shape index (κ3) is 2.13. The number of Topliss-reactive ketones (excluding diaryl/α,β-unsaturated/α-hetero) is 1. The topological polar surface area (TPSA) is 61.7 Å². The van der Waals surface area contributed by atoms with Crippen LogP contribution in [0.25, 0.3) is 0 Å². The van der Waals surface area contributed by atoms with Crippen LogP contribution in [-0.4, -0.2) is 36.3 Å². The van der Waals surface area contributed by atoms with Crippen LogP contribution >= 0.6 is 0 Å². The zero-order valence-corrected chi connectivity index (χ0v) is 9.36. The van der Waals surface area contributed by atoms with E-state index in [1.165, 1.54) is 0 Å². The van der Waals surface area contributed by atoms with Gasteiger partial charge in [-0.25, -0.2) is 0 Å². The lowest BCUT2D eigenvalue weighted by atomic mass is 10.0. The lowest BCUT2D eigenvalue weighted by Crippen LogP contribution is -2.31. The monoisotopic (exact) mass is 220 g/mol. The van der Waals surface area contributed by atoms with E-state index in [9.17, 15) is 4.79 Å². The summed E-state index contributed by atoms with van der Waals surface area (Å²) in [7, 11) is 0. The summed E-state index contributed by atoms with van der Waals surface area (Å²) in [6, 6.07) is 0.0637. The maximum atomic E-state index is 11.6. The molecule has 0 amide bonds. The Balaban J connectivity index is 2.03. The average molecular weight is 220 g/mol. The lowest BCUT2D eigenvalue weighted by molar-refractivity contribution is -0.114. The van der Waals surface area contributed by atoms with E-state index in [2.05, 4.69) is 10.3 Å². The van der Waals surface area contributed by atoms with Crippen molar-refractivity contribution < 1.29 is 9.90 Å². The van der Waals surface area contributed by atoms with Crippen molar-refractivity contribution >= 4 is 12.0 Å². The molecule has 1 atom stereocenters. The van der Waals surface area contributed by atoms with Crippen LogP contribution in [0.3, 0.4) is 0 Å². The van der Waals surface area contributed by atoms with E-state index in [1.807, 2.05) is 13.0 Å². The molecule has 2 aliphatic rings. The Hall–Kier alpha value is -1.26. The molecule has 4 nitrogen and oxygen atoms in total. The molecule has 0 bridgehead atoms. The SMILES string of the molecule is C[C@H](CO)NCC1=CCC2=C1N=CCC2=O. The van der Waals surface area contributed by atoms with E-state index in [-0.39, 0.29) is 18.4 Å². The van der Waals surface area contributed by atoms with Crippen LogP contribution in [-0.2, 0) is 4.79 Å². The number of carbonyl (C=O) groups excluding carboxylic acids is 1. The van der Waals surface area contributed by atoms with Crippen LogP contribution in [0.2, 0.25) is 0 Å². The molecule has 0 radical (unpaired) electrons. The van der Waals surface area contributed by atoms with E-state index < -0.39 is 0 Å². The quantitative estimate of drug-likeness (QED) is 0.728. The summed E-state index contributed by atoms with van der Waals surface area (Å²) in [5, 5.41) is 12.1. The molecule has 2 rings (SSSR count). The Morgan fingerprint density at radius 3 is 3.12 bits per heavy atom. The normalized spacial score (nSPS) is 21.1. The minimum atomic E-state index is 0.0637. The first-order chi connectivity index (χ1) is 7.72. The van der Waals surface area contributed by atoms with E-state index in [1.54, 1.807) is 6.21 Å². The number of hydrogen-bond acceptors (Lipinski definition) is 4. The summed E-state index contributed by atoms with van der Waals surface area (Å²) in [5.41, 5.74) is 2.75. The highest BCUT2D eigenvalue weighted by atomic mass is 16.3. The zero-order chi connectivity index (χ0) is 11.5. The van der Waals surface area contributed by atoms with Gasteiger partial charge in [-0.2, -0.15) is 0 Å². The minimum absolute atomic E-state index is 0.0637. The molecule has 0 saturated heterocycles. The van der Waals surface area contributed by atoms with Gasteiger partial charge in [-0.1, -0.05) is 6.08 Å². The average Bonchev–Trinajstić information content (AvgIpc) is 2.70. The third-order valence-electron chi connectivity index (χ3n) is 2.89. The highest BCUT2D eigenvalue weighted by Gasteiger charge is 2.24. The molecule has 1 heterocycles. The molecule has 0 fully saturated rings. The van der Waals surface area contributed by atoms with Crippen LogP contribution in [0.4, 0.5) is 0 Å². The maximum Gasteiger partial charge on any atom is 0.166 e. The number of nitrogens with one attached hydrogen (secondary N) is 1. The predicted octanol–water partition coefficient (Wildman–Crippen LogP) is 0.585. The fourth-order valence-electron chi connectivity index (χ4n) is 1.87. The second kappa shape index (κ2) is 4.72. The van der Waals surface area contributed by atoms with E-state index in [0.29, 0.717) is 19.4 Å². The fraction of sp³-hybridized carbons (Fsp3) is 0.500. The number of hydrogen-bond donors (Lipinski definition) is 2. The van der Waals surface area contributed by atoms with Crippen molar-refractivity contribution in [3.63, 3.8) is 0 Å². The number of rotatable bonds is 4. The Morgan fingerprint density at radius 2 is 2.38 bits per heavy atom. The highest BCUT2D eigenvalue weighted by Crippen LogP contribution is 2.30. The molecule has 0 unspecified atom stereocenters. The van der Waals surface area contributed by atoms with Gasteiger partial charge in [0.1, 0.15) is 0 Å². The number of ketones is 1. The second-order valence-corrected chi connectivity index (χ2v) is 4.16. The van der Waals surface area contributed by atoms with Gasteiger partial charge in [0.15, 0.2) is 5.78 Å². The van der Waals surface area contributed by atoms with Gasteiger partial charge in [-0.05, 0) is 18.9 Å². The van der Waals surface area contributed by atoms with Crippen molar-refractivity contribution in [2.75, 3.05) is 13.2 Å². The van der Waals surface area contributed by atoms with Crippen molar-refractivity contribution in [1.29, 1.82) is 0 Å². The standard InChI is InChI=1S/C12H16N2O2/c1-8(7-15)14-6-9-2-3-10-11(16)4-5-13-12(9)10/h2,5,8,14-15H,3-4,6-7H2,1H3/t8-/m1/s1. The van der Waals surface area contributed by atoms with Gasteiger partial charge >= 0.3 is 0 Å². The number of aliphatic hydroxyl groups excluding tert-OH is 1. The molecule has 0 aromatic heterocycles. The largest absolute Gasteiger partial charge is 0.395 e. The number of allylic oxidation sites excluding steroid dienone is 2. The Labute approximate surface area is 94.8 Å². The first-order valence-corrected chi connectivity index (χ1v) is 5.55. The third-order valence-corrected chi connectivity index (χ3v) is 2.89. The summed E-state index contributed by atoms with van der Waals surface area (Å²) >= 11 is 0. The molecule has 4 heteroatoms. The molecule has 0 aromatic carbocycles. The number of carbonyl (C=O) groups is 1. The van der Waals surface area contributed by atoms with Gasteiger partial charge in [0.05, 0.1) is 12.3 Å². The first-order valence-electron chi connectivity index (χ1n) is 5.55. The minimum Gasteiger partial charge on any atom is -0.395 e. The van der Waals surface area contributed by atoms with Crippen molar-refractivity contribution in [2.45, 2.75) is 25.8 Å². The smallest absolute Gasteiger partial charge is 0.166 e. The molecule has 16 heavy (non-hydrogen) atoms. The molecular formula is C12H16N2O2. The van der Waals surface area contributed by atoms with Crippen LogP contribution in [0.5, 0.6) is 0 Å². The molecule has 86 valence electrons. The first kappa shape index (κ1) is 11.2. The summed E-state index contributed by atoms with van der Waals surface area (Å²) in [4.78, 5) is 15.9. The maximum absolute atomic E-state index is 11.6. The lowest BCUT2D eigenvalue weighted by Gasteiger charge is -2.13. The predicted molar refractivity (Wildman–Crippen MR) is 62.4 cm³/mol. The zero-order valence-electron chi connectivity index (χ0n) is 9.36.